The number of phenolic OH excluding ortho intramolecular Hbond substituents is 1. The second-order valence-electron chi connectivity index (χ2n) is 3.10. The van der Waals surface area contributed by atoms with Crippen LogP contribution in [-0.4, -0.2) is 5.11 Å². The topological polar surface area (TPSA) is 44.0 Å². The fourth-order valence-electron chi connectivity index (χ4n) is 1.23. The van der Waals surface area contributed by atoms with Gasteiger partial charge in [-0.3, -0.25) is 0 Å². The smallest absolute Gasteiger partial charge is 0.165 e. The molecule has 0 saturated heterocycles. The Kier molecular flexibility index (Phi) is 3.12. The van der Waals surface area contributed by atoms with Crippen LogP contribution in [0.25, 0.3) is 0 Å². The minimum atomic E-state index is -0.692. The molecule has 0 fully saturated rings. The van der Waals surface area contributed by atoms with E-state index in [0.717, 1.165) is 0 Å². The van der Waals surface area contributed by atoms with Gasteiger partial charge >= 0.3 is 0 Å². The minimum absolute atomic E-state index is 0.310. The van der Waals surface area contributed by atoms with Crippen LogP contribution in [0.1, 0.15) is 24.0 Å². The van der Waals surface area contributed by atoms with Gasteiger partial charge in [0.2, 0.25) is 0 Å². The van der Waals surface area contributed by atoms with Crippen molar-refractivity contribution in [3.05, 3.63) is 27.5 Å². The molecule has 0 aliphatic heterocycles. The van der Waals surface area contributed by atoms with Crippen molar-refractivity contribution >= 4 is 15.9 Å². The zero-order valence-electron chi connectivity index (χ0n) is 7.81. The highest BCUT2D eigenvalue weighted by Crippen LogP contribution is 2.36. The molecule has 14 heavy (non-hydrogen) atoms. The number of aryl methyl sites for hydroxylation is 1. The SMILES string of the molecule is Cc1cc(F)c(O)c(C(C)C#N)c1Br. The lowest BCUT2D eigenvalue weighted by Gasteiger charge is -2.11. The van der Waals surface area contributed by atoms with Crippen LogP contribution in [0, 0.1) is 24.1 Å². The van der Waals surface area contributed by atoms with E-state index in [9.17, 15) is 9.50 Å². The minimum Gasteiger partial charge on any atom is -0.505 e. The van der Waals surface area contributed by atoms with E-state index in [1.54, 1.807) is 13.8 Å². The number of rotatable bonds is 1. The van der Waals surface area contributed by atoms with Crippen molar-refractivity contribution in [2.24, 2.45) is 0 Å². The van der Waals surface area contributed by atoms with E-state index >= 15 is 0 Å². The molecular formula is C10H9BrFNO. The van der Waals surface area contributed by atoms with Crippen LogP contribution >= 0.6 is 15.9 Å². The summed E-state index contributed by atoms with van der Waals surface area (Å²) in [7, 11) is 0. The van der Waals surface area contributed by atoms with E-state index in [1.807, 2.05) is 6.07 Å². The van der Waals surface area contributed by atoms with E-state index in [0.29, 0.717) is 15.6 Å². The first-order chi connectivity index (χ1) is 6.49. The Bertz CT molecular complexity index is 385. The van der Waals surface area contributed by atoms with Gasteiger partial charge in [0, 0.05) is 10.0 Å². The highest BCUT2D eigenvalue weighted by Gasteiger charge is 2.19. The molecule has 1 atom stereocenters. The molecule has 0 aliphatic rings. The lowest BCUT2D eigenvalue weighted by molar-refractivity contribution is 0.424. The van der Waals surface area contributed by atoms with E-state index in [1.165, 1.54) is 6.07 Å². The average Bonchev–Trinajstić information content (AvgIpc) is 2.15. The molecule has 74 valence electrons. The number of benzene rings is 1. The Balaban J connectivity index is 3.49. The van der Waals surface area contributed by atoms with Crippen LogP contribution in [0.15, 0.2) is 10.5 Å². The van der Waals surface area contributed by atoms with E-state index in [-0.39, 0.29) is 0 Å². The van der Waals surface area contributed by atoms with Gasteiger partial charge in [0.1, 0.15) is 0 Å². The molecule has 0 bridgehead atoms. The van der Waals surface area contributed by atoms with Gasteiger partial charge in [-0.1, -0.05) is 15.9 Å². The molecule has 0 heterocycles. The monoisotopic (exact) mass is 257 g/mol. The van der Waals surface area contributed by atoms with Gasteiger partial charge in [0.25, 0.3) is 0 Å². The first-order valence-corrected chi connectivity index (χ1v) is 4.85. The number of nitriles is 1. The standard InChI is InChI=1S/C10H9BrFNO/c1-5-3-7(12)10(14)8(9(5)11)6(2)4-13/h3,6,14H,1-2H3. The summed E-state index contributed by atoms with van der Waals surface area (Å²) in [6.07, 6.45) is 0. The molecule has 0 radical (unpaired) electrons. The fourth-order valence-corrected chi connectivity index (χ4v) is 1.87. The molecule has 1 N–H and O–H groups in total. The number of aromatic hydroxyl groups is 1. The first kappa shape index (κ1) is 11.0. The molecule has 0 saturated carbocycles. The Morgan fingerprint density at radius 3 is 2.71 bits per heavy atom. The van der Waals surface area contributed by atoms with Crippen LogP contribution in [0.4, 0.5) is 4.39 Å². The van der Waals surface area contributed by atoms with E-state index in [2.05, 4.69) is 15.9 Å². The summed E-state index contributed by atoms with van der Waals surface area (Å²) in [5.74, 6) is -1.68. The van der Waals surface area contributed by atoms with Crippen LogP contribution in [-0.2, 0) is 0 Å². The summed E-state index contributed by atoms with van der Waals surface area (Å²) >= 11 is 3.23. The molecule has 1 aromatic carbocycles. The second kappa shape index (κ2) is 3.97. The van der Waals surface area contributed by atoms with E-state index in [4.69, 9.17) is 5.26 Å². The molecule has 4 heteroatoms. The number of phenols is 1. The lowest BCUT2D eigenvalue weighted by Crippen LogP contribution is -1.96. The van der Waals surface area contributed by atoms with E-state index < -0.39 is 17.5 Å². The summed E-state index contributed by atoms with van der Waals surface area (Å²) < 4.78 is 13.7. The molecule has 0 spiro atoms. The van der Waals surface area contributed by atoms with Crippen LogP contribution in [0.2, 0.25) is 0 Å². The Morgan fingerprint density at radius 2 is 2.21 bits per heavy atom. The van der Waals surface area contributed by atoms with Crippen molar-refractivity contribution in [2.75, 3.05) is 0 Å². The maximum Gasteiger partial charge on any atom is 0.165 e. The van der Waals surface area contributed by atoms with Gasteiger partial charge < -0.3 is 5.11 Å². The average molecular weight is 258 g/mol. The van der Waals surface area contributed by atoms with Crippen LogP contribution < -0.4 is 0 Å². The quantitative estimate of drug-likeness (QED) is 0.840. The van der Waals surface area contributed by atoms with Gasteiger partial charge in [-0.15, -0.1) is 0 Å². The van der Waals surface area contributed by atoms with Crippen molar-refractivity contribution in [1.82, 2.24) is 0 Å². The number of hydrogen-bond donors (Lipinski definition) is 1. The van der Waals surface area contributed by atoms with Crippen molar-refractivity contribution < 1.29 is 9.50 Å². The number of halogens is 2. The fraction of sp³-hybridized carbons (Fsp3) is 0.300. The van der Waals surface area contributed by atoms with Crippen molar-refractivity contribution in [3.8, 4) is 11.8 Å². The normalized spacial score (nSPS) is 12.2. The highest BCUT2D eigenvalue weighted by atomic mass is 79.9. The summed E-state index contributed by atoms with van der Waals surface area (Å²) in [6.45, 7) is 3.32. The molecule has 0 aliphatic carbocycles. The third-order valence-electron chi connectivity index (χ3n) is 2.03. The molecule has 1 rings (SSSR count). The molecule has 0 aromatic heterocycles. The van der Waals surface area contributed by atoms with Crippen molar-refractivity contribution in [3.63, 3.8) is 0 Å². The zero-order chi connectivity index (χ0) is 10.9. The van der Waals surface area contributed by atoms with Gasteiger partial charge in [-0.2, -0.15) is 5.26 Å². The lowest BCUT2D eigenvalue weighted by atomic mass is 9.99. The van der Waals surface area contributed by atoms with Crippen LogP contribution in [0.3, 0.4) is 0 Å². The van der Waals surface area contributed by atoms with Gasteiger partial charge in [0.15, 0.2) is 11.6 Å². The zero-order valence-corrected chi connectivity index (χ0v) is 9.39. The molecule has 1 aromatic rings. The predicted octanol–water partition coefficient (Wildman–Crippen LogP) is 3.23. The van der Waals surface area contributed by atoms with Crippen LogP contribution in [0.5, 0.6) is 5.75 Å². The maximum atomic E-state index is 13.1. The van der Waals surface area contributed by atoms with Gasteiger partial charge in [0.05, 0.1) is 12.0 Å². The summed E-state index contributed by atoms with van der Waals surface area (Å²) in [5, 5.41) is 18.2. The molecule has 1 unspecified atom stereocenters. The van der Waals surface area contributed by atoms with Gasteiger partial charge in [-0.25, -0.2) is 4.39 Å². The molecular weight excluding hydrogens is 249 g/mol. The molecule has 0 amide bonds. The summed E-state index contributed by atoms with van der Waals surface area (Å²) in [6, 6.07) is 3.19. The van der Waals surface area contributed by atoms with Crippen molar-refractivity contribution in [2.45, 2.75) is 19.8 Å². The van der Waals surface area contributed by atoms with Gasteiger partial charge in [-0.05, 0) is 25.5 Å². The first-order valence-electron chi connectivity index (χ1n) is 4.06. The largest absolute Gasteiger partial charge is 0.505 e. The number of hydrogen-bond acceptors (Lipinski definition) is 2. The summed E-state index contributed by atoms with van der Waals surface area (Å²) in [4.78, 5) is 0. The molecule has 2 nitrogen and oxygen atoms in total. The third-order valence-corrected chi connectivity index (χ3v) is 3.09. The predicted molar refractivity (Wildman–Crippen MR) is 54.5 cm³/mol. The van der Waals surface area contributed by atoms with Crippen molar-refractivity contribution in [1.29, 1.82) is 5.26 Å². The number of nitrogens with zero attached hydrogens (tertiary/aromatic N) is 1. The summed E-state index contributed by atoms with van der Waals surface area (Å²) in [5.41, 5.74) is 0.974. The third kappa shape index (κ3) is 1.73. The second-order valence-corrected chi connectivity index (χ2v) is 3.90. The Labute approximate surface area is 90.1 Å². The highest BCUT2D eigenvalue weighted by molar-refractivity contribution is 9.10. The maximum absolute atomic E-state index is 13.1. The Morgan fingerprint density at radius 1 is 1.64 bits per heavy atom. The Hall–Kier alpha value is -1.08.